The highest BCUT2D eigenvalue weighted by Gasteiger charge is 2.08. The number of ether oxygens (including phenoxy) is 4. The number of carbonyl (C=O) groups excluding carboxylic acids is 2. The number of aldehydes is 1. The van der Waals surface area contributed by atoms with Crippen molar-refractivity contribution >= 4 is 18.2 Å². The summed E-state index contributed by atoms with van der Waals surface area (Å²) in [7, 11) is 5.97. The number of hydrogen-bond acceptors (Lipinski definition) is 13. The maximum atomic E-state index is 11.7. The van der Waals surface area contributed by atoms with Gasteiger partial charge in [-0.25, -0.2) is 14.4 Å². The van der Waals surface area contributed by atoms with Crippen molar-refractivity contribution in [2.45, 2.75) is 6.61 Å². The van der Waals surface area contributed by atoms with E-state index in [4.69, 9.17) is 24.4 Å². The van der Waals surface area contributed by atoms with Gasteiger partial charge in [-0.3, -0.25) is 32.9 Å². The molecule has 0 saturated heterocycles. The van der Waals surface area contributed by atoms with E-state index in [9.17, 15) is 33.6 Å². The van der Waals surface area contributed by atoms with E-state index in [1.54, 1.807) is 106 Å². The molecule has 0 amide bonds. The average Bonchev–Trinajstić information content (AvgIpc) is 3.32. The molecule has 7 aromatic rings. The fourth-order valence-corrected chi connectivity index (χ4v) is 5.24. The van der Waals surface area contributed by atoms with Crippen molar-refractivity contribution in [3.05, 3.63) is 210 Å². The Morgan fingerprint density at radius 3 is 1.38 bits per heavy atom. The van der Waals surface area contributed by atoms with Gasteiger partial charge in [0.15, 0.2) is 6.29 Å². The first-order valence-electron chi connectivity index (χ1n) is 18.4. The number of pyridine rings is 3. The molecule has 4 aromatic heterocycles. The molecule has 0 unspecified atom stereocenters. The molecule has 0 bridgehead atoms. The minimum absolute atomic E-state index is 0.0606. The molecule has 0 atom stereocenters. The van der Waals surface area contributed by atoms with Gasteiger partial charge < -0.3 is 33.6 Å². The number of benzene rings is 3. The summed E-state index contributed by atoms with van der Waals surface area (Å²) in [4.78, 5) is 77.7. The van der Waals surface area contributed by atoms with Gasteiger partial charge in [-0.2, -0.15) is 0 Å². The molecule has 3 aromatic carbocycles. The Balaban J connectivity index is 0.000000187. The van der Waals surface area contributed by atoms with Crippen LogP contribution in [0.15, 0.2) is 170 Å². The van der Waals surface area contributed by atoms with Gasteiger partial charge in [0.1, 0.15) is 23.5 Å². The standard InChI is InChI=1S/C13H11NO4.C13H13NO3.C13H11NO3.C7H6O4/c1-18-11-5-3-10(4-6-11)14-8-9(13(16)17)2-7-12(14)15;2*1-17-12-5-3-11(4-6-12)14-8-10(9-15)2-7-13(14)16;1-10-7(9)5-2-3-6(8)11-4-5/h2-8H,1H3,(H,16,17);2-8,15H,9H2,1H3;2-9H,1H3;2-4H,1H3. The van der Waals surface area contributed by atoms with E-state index < -0.39 is 17.6 Å². The highest BCUT2D eigenvalue weighted by molar-refractivity contribution is 5.88. The van der Waals surface area contributed by atoms with Crippen molar-refractivity contribution in [1.82, 2.24) is 13.7 Å². The highest BCUT2D eigenvalue weighted by atomic mass is 16.5. The van der Waals surface area contributed by atoms with Crippen LogP contribution in [0, 0.1) is 0 Å². The monoisotopic (exact) mass is 859 g/mol. The zero-order valence-electron chi connectivity index (χ0n) is 34.3. The lowest BCUT2D eigenvalue weighted by Crippen LogP contribution is -2.18. The molecule has 0 spiro atoms. The predicted molar refractivity (Wildman–Crippen MR) is 230 cm³/mol. The van der Waals surface area contributed by atoms with Crippen LogP contribution in [-0.4, -0.2) is 70.6 Å². The fraction of sp³-hybridized carbons (Fsp3) is 0.109. The number of aromatic carboxylic acids is 1. The summed E-state index contributed by atoms with van der Waals surface area (Å²) in [6, 6.07) is 31.9. The quantitative estimate of drug-likeness (QED) is 0.137. The van der Waals surface area contributed by atoms with Gasteiger partial charge in [0.2, 0.25) is 0 Å². The summed E-state index contributed by atoms with van der Waals surface area (Å²) in [5, 5.41) is 17.9. The molecule has 0 fully saturated rings. The van der Waals surface area contributed by atoms with Crippen molar-refractivity contribution in [2.75, 3.05) is 28.4 Å². The van der Waals surface area contributed by atoms with Crippen LogP contribution in [0.2, 0.25) is 0 Å². The van der Waals surface area contributed by atoms with Crippen molar-refractivity contribution in [3.8, 4) is 34.3 Å². The molecule has 0 saturated carbocycles. The lowest BCUT2D eigenvalue weighted by Gasteiger charge is -2.07. The summed E-state index contributed by atoms with van der Waals surface area (Å²) < 4.78 is 28.1. The molecule has 2 N–H and O–H groups in total. The average molecular weight is 860 g/mol. The van der Waals surface area contributed by atoms with Crippen LogP contribution >= 0.6 is 0 Å². The largest absolute Gasteiger partial charge is 0.497 e. The molecule has 63 heavy (non-hydrogen) atoms. The third kappa shape index (κ3) is 13.5. The lowest BCUT2D eigenvalue weighted by atomic mass is 10.2. The zero-order valence-corrected chi connectivity index (χ0v) is 34.3. The van der Waals surface area contributed by atoms with Gasteiger partial charge in [-0.15, -0.1) is 0 Å². The third-order valence-electron chi connectivity index (χ3n) is 8.56. The smallest absolute Gasteiger partial charge is 0.341 e. The molecule has 4 heterocycles. The van der Waals surface area contributed by atoms with Crippen LogP contribution in [0.5, 0.6) is 17.2 Å². The van der Waals surface area contributed by atoms with E-state index >= 15 is 0 Å². The number of aromatic nitrogens is 3. The number of carbonyl (C=O) groups is 3. The van der Waals surface area contributed by atoms with Gasteiger partial charge in [0.25, 0.3) is 16.7 Å². The molecular formula is C46H41N3O14. The van der Waals surface area contributed by atoms with E-state index in [0.717, 1.165) is 23.8 Å². The number of carboxylic acids is 1. The molecule has 324 valence electrons. The number of hydrogen-bond donors (Lipinski definition) is 2. The summed E-state index contributed by atoms with van der Waals surface area (Å²) in [6.45, 7) is -0.0869. The molecule has 17 heteroatoms. The Morgan fingerprint density at radius 2 is 0.984 bits per heavy atom. The van der Waals surface area contributed by atoms with Gasteiger partial charge >= 0.3 is 17.6 Å². The minimum atomic E-state index is -1.07. The van der Waals surface area contributed by atoms with Gasteiger partial charge in [-0.1, -0.05) is 0 Å². The van der Waals surface area contributed by atoms with Crippen LogP contribution < -0.4 is 36.5 Å². The van der Waals surface area contributed by atoms with Crippen molar-refractivity contribution in [2.24, 2.45) is 0 Å². The summed E-state index contributed by atoms with van der Waals surface area (Å²) in [5.74, 6) is 0.528. The van der Waals surface area contributed by atoms with E-state index in [2.05, 4.69) is 9.15 Å². The number of aliphatic hydroxyl groups excluding tert-OH is 1. The minimum Gasteiger partial charge on any atom is -0.497 e. The molecule has 0 aliphatic carbocycles. The van der Waals surface area contributed by atoms with E-state index in [1.165, 1.54) is 69.6 Å². The van der Waals surface area contributed by atoms with Gasteiger partial charge in [-0.05, 0) is 103 Å². The first-order chi connectivity index (χ1) is 30.3. The Labute approximate surface area is 358 Å². The third-order valence-corrected chi connectivity index (χ3v) is 8.56. The van der Waals surface area contributed by atoms with Crippen molar-refractivity contribution in [1.29, 1.82) is 0 Å². The van der Waals surface area contributed by atoms with Gasteiger partial charge in [0, 0.05) is 65.5 Å². The molecule has 7 rings (SSSR count). The summed E-state index contributed by atoms with van der Waals surface area (Å²) in [6.07, 6.45) is 6.21. The normalized spacial score (nSPS) is 9.92. The Kier molecular flexibility index (Phi) is 17.4. The number of methoxy groups -OCH3 is 4. The van der Waals surface area contributed by atoms with E-state index in [0.29, 0.717) is 40.3 Å². The lowest BCUT2D eigenvalue weighted by molar-refractivity contribution is 0.0596. The highest BCUT2D eigenvalue weighted by Crippen LogP contribution is 2.16. The Bertz CT molecular complexity index is 2840. The molecule has 0 radical (unpaired) electrons. The number of rotatable bonds is 10. The van der Waals surface area contributed by atoms with Crippen LogP contribution in [0.4, 0.5) is 0 Å². The van der Waals surface area contributed by atoms with Crippen LogP contribution in [0.1, 0.15) is 36.6 Å². The fourth-order valence-electron chi connectivity index (χ4n) is 5.24. The molecular weight excluding hydrogens is 819 g/mol. The zero-order chi connectivity index (χ0) is 45.9. The van der Waals surface area contributed by atoms with Crippen molar-refractivity contribution < 1.29 is 48.0 Å². The molecule has 0 aliphatic rings. The first-order valence-corrected chi connectivity index (χ1v) is 18.4. The Morgan fingerprint density at radius 1 is 0.556 bits per heavy atom. The second kappa shape index (κ2) is 23.3. The van der Waals surface area contributed by atoms with Crippen LogP contribution in [0.25, 0.3) is 17.1 Å². The number of nitrogens with zero attached hydrogens (tertiary/aromatic N) is 3. The topological polar surface area (TPSA) is 225 Å². The summed E-state index contributed by atoms with van der Waals surface area (Å²) in [5.41, 5.74) is 2.38. The van der Waals surface area contributed by atoms with Crippen LogP contribution in [0.3, 0.4) is 0 Å². The Hall–Kier alpha value is -8.57. The van der Waals surface area contributed by atoms with Gasteiger partial charge in [0.05, 0.1) is 46.2 Å². The second-order valence-corrected chi connectivity index (χ2v) is 12.6. The predicted octanol–water partition coefficient (Wildman–Crippen LogP) is 4.97. The first kappa shape index (κ1) is 47.1. The maximum Gasteiger partial charge on any atom is 0.341 e. The number of esters is 1. The number of carboxylic acid groups (broad SMARTS) is 1. The molecule has 0 aliphatic heterocycles. The van der Waals surface area contributed by atoms with Crippen molar-refractivity contribution in [3.63, 3.8) is 0 Å². The maximum absolute atomic E-state index is 11.7. The molecule has 17 nitrogen and oxygen atoms in total. The van der Waals surface area contributed by atoms with Crippen LogP contribution in [-0.2, 0) is 11.3 Å². The number of aliphatic hydroxyl groups is 1. The summed E-state index contributed by atoms with van der Waals surface area (Å²) >= 11 is 0. The SMILES string of the molecule is COC(=O)c1ccc(=O)oc1.COc1ccc(-n2cc(C(=O)O)ccc2=O)cc1.COc1ccc(-n2cc(C=O)ccc2=O)cc1.COc1ccc(-n2cc(CO)ccc2=O)cc1. The second-order valence-electron chi connectivity index (χ2n) is 12.6. The van der Waals surface area contributed by atoms with E-state index in [-0.39, 0.29) is 34.4 Å². The van der Waals surface area contributed by atoms with E-state index in [1.807, 2.05) is 0 Å².